The molecule has 0 spiro atoms. The van der Waals surface area contributed by atoms with Crippen LogP contribution in [0.4, 0.5) is 0 Å². The second-order valence-electron chi connectivity index (χ2n) is 13.0. The molecule has 240 valence electrons. The van der Waals surface area contributed by atoms with Crippen LogP contribution in [0.3, 0.4) is 0 Å². The monoisotopic (exact) mass is 630 g/mol. The Kier molecular flexibility index (Phi) is 7.87. The Morgan fingerprint density at radius 2 is 1.55 bits per heavy atom. The molecule has 4 saturated heterocycles. The number of likely N-dealkylation sites (tertiary alicyclic amines) is 2. The van der Waals surface area contributed by atoms with Crippen molar-refractivity contribution >= 4 is 22.8 Å². The van der Waals surface area contributed by atoms with E-state index in [1.165, 1.54) is 0 Å². The van der Waals surface area contributed by atoms with Gasteiger partial charge in [-0.1, -0.05) is 36.1 Å². The van der Waals surface area contributed by atoms with Gasteiger partial charge < -0.3 is 29.2 Å². The number of rotatable bonds is 5. The second-order valence-corrected chi connectivity index (χ2v) is 13.0. The first kappa shape index (κ1) is 29.7. The predicted octanol–water partition coefficient (Wildman–Crippen LogP) is 5.20. The molecule has 10 heteroatoms. The molecule has 8 rings (SSSR count). The van der Waals surface area contributed by atoms with E-state index >= 15 is 0 Å². The summed E-state index contributed by atoms with van der Waals surface area (Å²) in [5.74, 6) is 8.26. The number of carbonyl (C=O) groups excluding carboxylic acids is 2. The zero-order valence-electron chi connectivity index (χ0n) is 26.3. The molecule has 4 aliphatic heterocycles. The molecule has 0 radical (unpaired) electrons. The van der Waals surface area contributed by atoms with Crippen molar-refractivity contribution in [1.82, 2.24) is 29.7 Å². The van der Waals surface area contributed by atoms with E-state index in [0.717, 1.165) is 95.7 Å². The van der Waals surface area contributed by atoms with Gasteiger partial charge in [-0.05, 0) is 80.8 Å². The maximum absolute atomic E-state index is 13.2. The normalized spacial score (nSPS) is 24.3. The van der Waals surface area contributed by atoms with Gasteiger partial charge in [0.15, 0.2) is 0 Å². The van der Waals surface area contributed by atoms with E-state index in [1.807, 2.05) is 58.5 Å². The maximum Gasteiger partial charge on any atom is 0.252 e. The number of benzene rings is 2. The molecule has 4 aromatic rings. The third kappa shape index (κ3) is 5.86. The third-order valence-corrected chi connectivity index (χ3v) is 9.76. The summed E-state index contributed by atoms with van der Waals surface area (Å²) in [6, 6.07) is 13.8. The highest BCUT2D eigenvalue weighted by molar-refractivity contribution is 5.83. The molecular weight excluding hydrogens is 592 g/mol. The lowest BCUT2D eigenvalue weighted by Crippen LogP contribution is -2.38. The number of fused-ring (bicyclic) bond motifs is 1. The fraction of sp³-hybridized carbons (Fsp3) is 0.405. The molecule has 47 heavy (non-hydrogen) atoms. The molecule has 0 saturated carbocycles. The van der Waals surface area contributed by atoms with Crippen molar-refractivity contribution < 1.29 is 19.1 Å². The van der Waals surface area contributed by atoms with E-state index in [-0.39, 0.29) is 36.1 Å². The standard InChI is InChI=1S/C37H38N6O4/c1-23-19-31(43(22-23)37(45)33-7-4-18-47-33)35-39-27-15-12-25(20-28(27)40-35)9-8-24-10-13-26(14-11-24)29-21-38-34(41-29)30-5-2-16-42(30)36(44)32-6-3-17-46-32/h10-15,20-21,30-33H,1-7,16-19,22H2,(H,38,41)(H,39,40)/t30-,31-,32?,33?/m0/s1. The zero-order valence-corrected chi connectivity index (χ0v) is 26.3. The Hall–Kier alpha value is -4.72. The first-order chi connectivity index (χ1) is 23.0. The molecule has 2 N–H and O–H groups in total. The van der Waals surface area contributed by atoms with Gasteiger partial charge >= 0.3 is 0 Å². The van der Waals surface area contributed by atoms with Crippen molar-refractivity contribution in [2.75, 3.05) is 26.3 Å². The molecule has 0 bridgehead atoms. The van der Waals surface area contributed by atoms with Crippen LogP contribution >= 0.6 is 0 Å². The number of hydrogen-bond donors (Lipinski definition) is 2. The summed E-state index contributed by atoms with van der Waals surface area (Å²) < 4.78 is 11.3. The first-order valence-electron chi connectivity index (χ1n) is 16.7. The molecule has 10 nitrogen and oxygen atoms in total. The Morgan fingerprint density at radius 1 is 0.830 bits per heavy atom. The quantitative estimate of drug-likeness (QED) is 0.231. The summed E-state index contributed by atoms with van der Waals surface area (Å²) in [6.45, 7) is 6.74. The largest absolute Gasteiger partial charge is 0.368 e. The summed E-state index contributed by atoms with van der Waals surface area (Å²) in [4.78, 5) is 46.4. The molecule has 2 amide bonds. The lowest BCUT2D eigenvalue weighted by Gasteiger charge is -2.25. The number of nitrogens with one attached hydrogen (secondary N) is 2. The number of ether oxygens (including phenoxy) is 2. The van der Waals surface area contributed by atoms with Crippen LogP contribution < -0.4 is 0 Å². The molecule has 2 aromatic carbocycles. The number of H-pyrrole nitrogens is 2. The lowest BCUT2D eigenvalue weighted by molar-refractivity contribution is -0.142. The van der Waals surface area contributed by atoms with Gasteiger partial charge in [-0.15, -0.1) is 0 Å². The summed E-state index contributed by atoms with van der Waals surface area (Å²) in [7, 11) is 0. The Morgan fingerprint density at radius 3 is 2.30 bits per heavy atom. The van der Waals surface area contributed by atoms with Crippen molar-refractivity contribution in [2.45, 2.75) is 69.2 Å². The fourth-order valence-electron chi connectivity index (χ4n) is 7.30. The van der Waals surface area contributed by atoms with E-state index < -0.39 is 0 Å². The van der Waals surface area contributed by atoms with Crippen LogP contribution in [0.15, 0.2) is 60.8 Å². The fourth-order valence-corrected chi connectivity index (χ4v) is 7.30. The predicted molar refractivity (Wildman–Crippen MR) is 176 cm³/mol. The van der Waals surface area contributed by atoms with Crippen LogP contribution in [0.1, 0.15) is 79.8 Å². The van der Waals surface area contributed by atoms with Crippen LogP contribution in [0.2, 0.25) is 0 Å². The third-order valence-electron chi connectivity index (χ3n) is 9.76. The average molecular weight is 631 g/mol. The van der Waals surface area contributed by atoms with E-state index in [0.29, 0.717) is 26.2 Å². The Balaban J connectivity index is 0.948. The minimum Gasteiger partial charge on any atom is -0.368 e. The van der Waals surface area contributed by atoms with Crippen molar-refractivity contribution in [3.8, 4) is 23.1 Å². The molecular formula is C37H38N6O4. The highest BCUT2D eigenvalue weighted by Gasteiger charge is 2.39. The minimum atomic E-state index is -0.364. The van der Waals surface area contributed by atoms with Crippen molar-refractivity contribution in [3.05, 3.63) is 83.6 Å². The van der Waals surface area contributed by atoms with Gasteiger partial charge in [0.05, 0.1) is 35.0 Å². The molecule has 4 fully saturated rings. The van der Waals surface area contributed by atoms with E-state index in [2.05, 4.69) is 33.4 Å². The van der Waals surface area contributed by atoms with Gasteiger partial charge in [0.25, 0.3) is 11.8 Å². The van der Waals surface area contributed by atoms with Crippen LogP contribution in [0, 0.1) is 11.8 Å². The molecule has 0 aliphatic carbocycles. The Bertz CT molecular complexity index is 1890. The lowest BCUT2D eigenvalue weighted by atomic mass is 10.1. The minimum absolute atomic E-state index is 0.0270. The van der Waals surface area contributed by atoms with Gasteiger partial charge in [0.1, 0.15) is 23.9 Å². The van der Waals surface area contributed by atoms with Gasteiger partial charge in [-0.3, -0.25) is 9.59 Å². The number of nitrogens with zero attached hydrogens (tertiary/aromatic N) is 4. The van der Waals surface area contributed by atoms with Crippen LogP contribution in [-0.2, 0) is 19.1 Å². The van der Waals surface area contributed by atoms with Gasteiger partial charge in [0, 0.05) is 37.4 Å². The number of amides is 2. The molecule has 6 heterocycles. The van der Waals surface area contributed by atoms with Crippen LogP contribution in [0.5, 0.6) is 0 Å². The number of imidazole rings is 2. The summed E-state index contributed by atoms with van der Waals surface area (Å²) in [5.41, 5.74) is 6.45. The van der Waals surface area contributed by atoms with E-state index in [1.54, 1.807) is 0 Å². The van der Waals surface area contributed by atoms with Crippen molar-refractivity contribution in [2.24, 2.45) is 0 Å². The SMILES string of the molecule is C=C1C[C@@H](c2nc3ccc(C#Cc4ccc(-c5cnc([C@@H]6CCCN6C(=O)C6CCCO6)[nH]5)cc4)cc3[nH]2)N(C(=O)C2CCCO2)C1. The van der Waals surface area contributed by atoms with Crippen LogP contribution in [-0.4, -0.2) is 80.1 Å². The smallest absolute Gasteiger partial charge is 0.252 e. The van der Waals surface area contributed by atoms with Crippen molar-refractivity contribution in [3.63, 3.8) is 0 Å². The van der Waals surface area contributed by atoms with Gasteiger partial charge in [-0.25, -0.2) is 9.97 Å². The second kappa shape index (κ2) is 12.5. The molecule has 2 unspecified atom stereocenters. The topological polar surface area (TPSA) is 116 Å². The number of hydrogen-bond acceptors (Lipinski definition) is 6. The van der Waals surface area contributed by atoms with Crippen LogP contribution in [0.25, 0.3) is 22.3 Å². The summed E-state index contributed by atoms with van der Waals surface area (Å²) in [5, 5.41) is 0. The number of aromatic amines is 2. The number of aromatic nitrogens is 4. The van der Waals surface area contributed by atoms with Gasteiger partial charge in [0.2, 0.25) is 0 Å². The van der Waals surface area contributed by atoms with Crippen molar-refractivity contribution in [1.29, 1.82) is 0 Å². The zero-order chi connectivity index (χ0) is 31.9. The highest BCUT2D eigenvalue weighted by Crippen LogP contribution is 2.36. The molecule has 4 atom stereocenters. The maximum atomic E-state index is 13.2. The molecule has 2 aromatic heterocycles. The van der Waals surface area contributed by atoms with E-state index in [9.17, 15) is 9.59 Å². The number of carbonyl (C=O) groups is 2. The average Bonchev–Trinajstić information content (AvgIpc) is 3.94. The first-order valence-corrected chi connectivity index (χ1v) is 16.7. The Labute approximate surface area is 273 Å². The summed E-state index contributed by atoms with van der Waals surface area (Å²) >= 11 is 0. The molecule has 4 aliphatic rings. The van der Waals surface area contributed by atoms with Gasteiger partial charge in [-0.2, -0.15) is 0 Å². The van der Waals surface area contributed by atoms with E-state index in [4.69, 9.17) is 14.5 Å². The summed E-state index contributed by atoms with van der Waals surface area (Å²) in [6.07, 6.45) is 7.15. The highest BCUT2D eigenvalue weighted by atomic mass is 16.5.